The van der Waals surface area contributed by atoms with E-state index in [9.17, 15) is 9.59 Å². The number of rotatable bonds is 3. The monoisotopic (exact) mass is 240 g/mol. The Morgan fingerprint density at radius 1 is 1.24 bits per heavy atom. The topological polar surface area (TPSA) is 69.6 Å². The maximum absolute atomic E-state index is 12.0. The number of carbonyl (C=O) groups is 2. The van der Waals surface area contributed by atoms with E-state index in [1.165, 1.54) is 0 Å². The van der Waals surface area contributed by atoms with Crippen LogP contribution in [-0.4, -0.2) is 48.1 Å². The zero-order chi connectivity index (χ0) is 12.3. The fraction of sp³-hybridized carbons (Fsp3) is 0.833. The van der Waals surface area contributed by atoms with Gasteiger partial charge >= 0.3 is 5.97 Å². The molecule has 2 fully saturated rings. The van der Waals surface area contributed by atoms with Gasteiger partial charge in [0.25, 0.3) is 0 Å². The first kappa shape index (κ1) is 12.4. The van der Waals surface area contributed by atoms with E-state index in [0.29, 0.717) is 31.8 Å². The lowest BCUT2D eigenvalue weighted by Crippen LogP contribution is -2.34. The molecule has 0 aromatic heterocycles. The van der Waals surface area contributed by atoms with Crippen LogP contribution in [0.2, 0.25) is 0 Å². The molecule has 1 atom stereocenters. The molecule has 2 saturated heterocycles. The molecule has 17 heavy (non-hydrogen) atoms. The molecule has 2 aliphatic rings. The summed E-state index contributed by atoms with van der Waals surface area (Å²) in [4.78, 5) is 24.5. The number of carbonyl (C=O) groups excluding carboxylic acids is 1. The lowest BCUT2D eigenvalue weighted by Gasteiger charge is -2.24. The fourth-order valence-corrected chi connectivity index (χ4v) is 2.65. The average molecular weight is 240 g/mol. The van der Waals surface area contributed by atoms with Crippen LogP contribution < -0.4 is 5.32 Å². The smallest absolute Gasteiger partial charge is 0.308 e. The summed E-state index contributed by atoms with van der Waals surface area (Å²) in [6.45, 7) is 3.01. The summed E-state index contributed by atoms with van der Waals surface area (Å²) in [5.41, 5.74) is 0. The van der Waals surface area contributed by atoms with E-state index in [4.69, 9.17) is 5.11 Å². The van der Waals surface area contributed by atoms with Gasteiger partial charge < -0.3 is 15.3 Å². The Morgan fingerprint density at radius 2 is 1.94 bits per heavy atom. The third kappa shape index (κ3) is 3.19. The van der Waals surface area contributed by atoms with Crippen molar-refractivity contribution in [3.8, 4) is 0 Å². The Labute approximate surface area is 101 Å². The van der Waals surface area contributed by atoms with E-state index in [0.717, 1.165) is 25.9 Å². The van der Waals surface area contributed by atoms with Crippen LogP contribution in [0.25, 0.3) is 0 Å². The standard InChI is InChI=1S/C12H20N2O3/c15-11(7-9-1-4-13-5-2-9)14-6-3-10(8-14)12(16)17/h9-10,13H,1-8H2,(H,16,17). The summed E-state index contributed by atoms with van der Waals surface area (Å²) >= 11 is 0. The van der Waals surface area contributed by atoms with Crippen molar-refractivity contribution in [3.63, 3.8) is 0 Å². The van der Waals surface area contributed by atoms with Crippen molar-refractivity contribution in [1.82, 2.24) is 10.2 Å². The Kier molecular flexibility index (Phi) is 3.99. The van der Waals surface area contributed by atoms with Crippen molar-refractivity contribution in [3.05, 3.63) is 0 Å². The molecule has 2 N–H and O–H groups in total. The molecule has 2 aliphatic heterocycles. The number of piperidine rings is 1. The lowest BCUT2D eigenvalue weighted by atomic mass is 9.94. The van der Waals surface area contributed by atoms with E-state index in [-0.39, 0.29) is 11.8 Å². The van der Waals surface area contributed by atoms with Crippen LogP contribution in [0, 0.1) is 11.8 Å². The molecule has 0 aliphatic carbocycles. The number of amides is 1. The fourth-order valence-electron chi connectivity index (χ4n) is 2.65. The Morgan fingerprint density at radius 3 is 2.53 bits per heavy atom. The molecule has 96 valence electrons. The summed E-state index contributed by atoms with van der Waals surface area (Å²) in [6.07, 6.45) is 3.31. The molecule has 0 aromatic carbocycles. The van der Waals surface area contributed by atoms with Gasteiger partial charge in [0.2, 0.25) is 5.91 Å². The van der Waals surface area contributed by atoms with Gasteiger partial charge in [0.1, 0.15) is 0 Å². The molecule has 0 aromatic rings. The first-order chi connectivity index (χ1) is 8.16. The molecule has 5 heteroatoms. The highest BCUT2D eigenvalue weighted by molar-refractivity contribution is 5.78. The van der Waals surface area contributed by atoms with Crippen molar-refractivity contribution in [2.75, 3.05) is 26.2 Å². The van der Waals surface area contributed by atoms with Gasteiger partial charge in [-0.2, -0.15) is 0 Å². The number of nitrogens with one attached hydrogen (secondary N) is 1. The molecule has 2 heterocycles. The number of carboxylic acid groups (broad SMARTS) is 1. The van der Waals surface area contributed by atoms with Gasteiger partial charge in [0, 0.05) is 19.5 Å². The minimum Gasteiger partial charge on any atom is -0.481 e. The van der Waals surface area contributed by atoms with Gasteiger partial charge in [-0.15, -0.1) is 0 Å². The summed E-state index contributed by atoms with van der Waals surface area (Å²) in [7, 11) is 0. The average Bonchev–Trinajstić information content (AvgIpc) is 2.79. The second-order valence-electron chi connectivity index (χ2n) is 5.06. The van der Waals surface area contributed by atoms with Crippen LogP contribution in [-0.2, 0) is 9.59 Å². The van der Waals surface area contributed by atoms with Crippen LogP contribution in [0.3, 0.4) is 0 Å². The van der Waals surface area contributed by atoms with E-state index >= 15 is 0 Å². The zero-order valence-corrected chi connectivity index (χ0v) is 10.0. The number of carboxylic acids is 1. The molecule has 2 rings (SSSR count). The number of nitrogens with zero attached hydrogens (tertiary/aromatic N) is 1. The molecule has 1 amide bonds. The first-order valence-electron chi connectivity index (χ1n) is 6.38. The van der Waals surface area contributed by atoms with E-state index in [1.807, 2.05) is 0 Å². The summed E-state index contributed by atoms with van der Waals surface area (Å²) in [6, 6.07) is 0. The van der Waals surface area contributed by atoms with Crippen molar-refractivity contribution in [2.24, 2.45) is 11.8 Å². The number of likely N-dealkylation sites (tertiary alicyclic amines) is 1. The molecule has 0 spiro atoms. The van der Waals surface area contributed by atoms with Crippen molar-refractivity contribution in [2.45, 2.75) is 25.7 Å². The molecule has 0 bridgehead atoms. The van der Waals surface area contributed by atoms with Gasteiger partial charge in [-0.3, -0.25) is 9.59 Å². The van der Waals surface area contributed by atoms with Crippen molar-refractivity contribution >= 4 is 11.9 Å². The maximum Gasteiger partial charge on any atom is 0.308 e. The highest BCUT2D eigenvalue weighted by atomic mass is 16.4. The summed E-state index contributed by atoms with van der Waals surface area (Å²) in [5, 5.41) is 12.2. The zero-order valence-electron chi connectivity index (χ0n) is 10.0. The minimum atomic E-state index is -0.776. The van der Waals surface area contributed by atoms with Gasteiger partial charge in [-0.05, 0) is 38.3 Å². The third-order valence-electron chi connectivity index (χ3n) is 3.81. The molecule has 1 unspecified atom stereocenters. The van der Waals surface area contributed by atoms with E-state index < -0.39 is 5.97 Å². The number of hydrogen-bond donors (Lipinski definition) is 2. The maximum atomic E-state index is 12.0. The predicted molar refractivity (Wildman–Crippen MR) is 62.5 cm³/mol. The Balaban J connectivity index is 1.78. The Bertz CT molecular complexity index is 300. The minimum absolute atomic E-state index is 0.139. The van der Waals surface area contributed by atoms with Crippen LogP contribution in [0.15, 0.2) is 0 Å². The normalized spacial score (nSPS) is 26.1. The molecular formula is C12H20N2O3. The Hall–Kier alpha value is -1.10. The SMILES string of the molecule is O=C(O)C1CCN(C(=O)CC2CCNCC2)C1. The van der Waals surface area contributed by atoms with Crippen molar-refractivity contribution in [1.29, 1.82) is 0 Å². The van der Waals surface area contributed by atoms with Gasteiger partial charge in [0.05, 0.1) is 5.92 Å². The highest BCUT2D eigenvalue weighted by Crippen LogP contribution is 2.21. The molecule has 0 saturated carbocycles. The van der Waals surface area contributed by atoms with Crippen LogP contribution in [0.4, 0.5) is 0 Å². The summed E-state index contributed by atoms with van der Waals surface area (Å²) in [5.74, 6) is -0.512. The van der Waals surface area contributed by atoms with Crippen molar-refractivity contribution < 1.29 is 14.7 Å². The van der Waals surface area contributed by atoms with Gasteiger partial charge in [0.15, 0.2) is 0 Å². The van der Waals surface area contributed by atoms with Crippen LogP contribution >= 0.6 is 0 Å². The first-order valence-corrected chi connectivity index (χ1v) is 6.38. The molecule has 0 radical (unpaired) electrons. The van der Waals surface area contributed by atoms with E-state index in [1.54, 1.807) is 4.90 Å². The molecular weight excluding hydrogens is 220 g/mol. The number of aliphatic carboxylic acids is 1. The predicted octanol–water partition coefficient (Wildman–Crippen LogP) is 0.309. The largest absolute Gasteiger partial charge is 0.481 e. The molecule has 5 nitrogen and oxygen atoms in total. The lowest BCUT2D eigenvalue weighted by molar-refractivity contribution is -0.141. The van der Waals surface area contributed by atoms with Crippen LogP contribution in [0.1, 0.15) is 25.7 Å². The highest BCUT2D eigenvalue weighted by Gasteiger charge is 2.31. The van der Waals surface area contributed by atoms with Gasteiger partial charge in [-0.25, -0.2) is 0 Å². The number of hydrogen-bond acceptors (Lipinski definition) is 3. The van der Waals surface area contributed by atoms with Crippen LogP contribution in [0.5, 0.6) is 0 Å². The third-order valence-corrected chi connectivity index (χ3v) is 3.81. The summed E-state index contributed by atoms with van der Waals surface area (Å²) < 4.78 is 0. The van der Waals surface area contributed by atoms with Gasteiger partial charge in [-0.1, -0.05) is 0 Å². The van der Waals surface area contributed by atoms with E-state index in [2.05, 4.69) is 5.32 Å². The second kappa shape index (κ2) is 5.49. The second-order valence-corrected chi connectivity index (χ2v) is 5.06. The quantitative estimate of drug-likeness (QED) is 0.745.